The van der Waals surface area contributed by atoms with E-state index in [1.54, 1.807) is 0 Å². The van der Waals surface area contributed by atoms with Gasteiger partial charge in [0.15, 0.2) is 5.75 Å². The zero-order chi connectivity index (χ0) is 8.55. The summed E-state index contributed by atoms with van der Waals surface area (Å²) < 4.78 is 10.7. The molecule has 2 rings (SSSR count). The number of hydrogen-bond acceptors (Lipinski definition) is 2. The van der Waals surface area contributed by atoms with Crippen molar-refractivity contribution in [2.75, 3.05) is 0 Å². The summed E-state index contributed by atoms with van der Waals surface area (Å²) in [6.07, 6.45) is 0.814. The molecular formula is C9H10O2Si. The van der Waals surface area contributed by atoms with Crippen molar-refractivity contribution in [3.8, 4) is 11.5 Å². The highest BCUT2D eigenvalue weighted by molar-refractivity contribution is 6.00. The van der Waals surface area contributed by atoms with Gasteiger partial charge in [-0.15, -0.1) is 0 Å². The first-order chi connectivity index (χ1) is 5.81. The van der Waals surface area contributed by atoms with E-state index in [1.165, 1.54) is 5.56 Å². The monoisotopic (exact) mass is 178 g/mol. The summed E-state index contributed by atoms with van der Waals surface area (Å²) in [5.74, 6) is 2.51. The second-order valence-electron chi connectivity index (χ2n) is 2.77. The molecular weight excluding hydrogens is 168 g/mol. The van der Waals surface area contributed by atoms with Gasteiger partial charge in [0.25, 0.3) is 0 Å². The fourth-order valence-electron chi connectivity index (χ4n) is 1.37. The number of fused-ring (bicyclic) bond motifs is 1. The Morgan fingerprint density at radius 1 is 1.50 bits per heavy atom. The molecule has 0 bridgehead atoms. The number of ether oxygens (including phenoxy) is 1. The molecule has 3 heteroatoms. The predicted molar refractivity (Wildman–Crippen MR) is 50.5 cm³/mol. The van der Waals surface area contributed by atoms with E-state index in [0.717, 1.165) is 23.7 Å². The summed E-state index contributed by atoms with van der Waals surface area (Å²) in [6.45, 7) is 3.78. The van der Waals surface area contributed by atoms with E-state index >= 15 is 0 Å². The Balaban J connectivity index is 2.51. The molecule has 0 N–H and O–H groups in total. The maximum absolute atomic E-state index is 5.43. The van der Waals surface area contributed by atoms with Crippen molar-refractivity contribution >= 4 is 10.5 Å². The maximum Gasteiger partial charge on any atom is 0.204 e. The van der Waals surface area contributed by atoms with E-state index in [1.807, 2.05) is 18.2 Å². The van der Waals surface area contributed by atoms with Gasteiger partial charge in [0, 0.05) is 12.0 Å². The topological polar surface area (TPSA) is 18.5 Å². The van der Waals surface area contributed by atoms with Gasteiger partial charge in [0.05, 0.1) is 0 Å². The lowest BCUT2D eigenvalue weighted by Gasteiger charge is -2.05. The van der Waals surface area contributed by atoms with Gasteiger partial charge >= 0.3 is 0 Å². The van der Waals surface area contributed by atoms with Crippen LogP contribution in [-0.2, 0) is 6.42 Å². The minimum Gasteiger partial charge on any atom is -0.551 e. The molecule has 0 fully saturated rings. The molecule has 1 heterocycles. The SMILES string of the molecule is C=C1Cc2cccc(O[SiH3])c2O1. The van der Waals surface area contributed by atoms with Gasteiger partial charge in [-0.3, -0.25) is 0 Å². The summed E-state index contributed by atoms with van der Waals surface area (Å²) in [5, 5.41) is 0. The summed E-state index contributed by atoms with van der Waals surface area (Å²) in [7, 11) is 0.689. The molecule has 62 valence electrons. The maximum atomic E-state index is 5.43. The molecule has 0 radical (unpaired) electrons. The fourth-order valence-corrected chi connectivity index (χ4v) is 1.69. The van der Waals surface area contributed by atoms with E-state index in [2.05, 4.69) is 6.58 Å². The molecule has 0 saturated carbocycles. The number of hydrogen-bond donors (Lipinski definition) is 0. The highest BCUT2D eigenvalue weighted by atomic mass is 28.2. The molecule has 0 unspecified atom stereocenters. The predicted octanol–water partition coefficient (Wildman–Crippen LogP) is 0.794. The van der Waals surface area contributed by atoms with Gasteiger partial charge in [0.1, 0.15) is 11.5 Å². The summed E-state index contributed by atoms with van der Waals surface area (Å²) in [4.78, 5) is 0. The standard InChI is InChI=1S/C9H10O2Si/c1-6-5-7-3-2-4-8(11-12)9(7)10-6/h2-4H,1,5H2,12H3. The van der Waals surface area contributed by atoms with Crippen LogP contribution in [0.3, 0.4) is 0 Å². The van der Waals surface area contributed by atoms with Crippen molar-refractivity contribution in [1.82, 2.24) is 0 Å². The lowest BCUT2D eigenvalue weighted by Crippen LogP contribution is -1.89. The minimum absolute atomic E-state index is 0.689. The molecule has 1 aromatic rings. The third kappa shape index (κ3) is 1.02. The van der Waals surface area contributed by atoms with Crippen LogP contribution in [-0.4, -0.2) is 10.5 Å². The first kappa shape index (κ1) is 7.43. The van der Waals surface area contributed by atoms with Crippen LogP contribution in [0.1, 0.15) is 5.56 Å². The Morgan fingerprint density at radius 2 is 2.33 bits per heavy atom. The van der Waals surface area contributed by atoms with Crippen molar-refractivity contribution in [3.63, 3.8) is 0 Å². The van der Waals surface area contributed by atoms with Crippen LogP contribution in [0.25, 0.3) is 0 Å². The largest absolute Gasteiger partial charge is 0.551 e. The first-order valence-electron chi connectivity index (χ1n) is 3.83. The van der Waals surface area contributed by atoms with Crippen LogP contribution >= 0.6 is 0 Å². The first-order valence-corrected chi connectivity index (χ1v) is 4.64. The number of para-hydroxylation sites is 1. The van der Waals surface area contributed by atoms with Crippen molar-refractivity contribution in [2.45, 2.75) is 6.42 Å². The zero-order valence-corrected chi connectivity index (χ0v) is 8.96. The number of benzene rings is 1. The summed E-state index contributed by atoms with van der Waals surface area (Å²) in [5.41, 5.74) is 1.17. The molecule has 0 aromatic heterocycles. The van der Waals surface area contributed by atoms with Crippen LogP contribution in [0.5, 0.6) is 11.5 Å². The second-order valence-corrected chi connectivity index (χ2v) is 3.17. The number of rotatable bonds is 1. The Morgan fingerprint density at radius 3 is 3.08 bits per heavy atom. The average Bonchev–Trinajstić information content (AvgIpc) is 2.44. The van der Waals surface area contributed by atoms with E-state index in [4.69, 9.17) is 9.16 Å². The lowest BCUT2D eigenvalue weighted by molar-refractivity contribution is 0.430. The average molecular weight is 178 g/mol. The van der Waals surface area contributed by atoms with Crippen LogP contribution in [0.4, 0.5) is 0 Å². The smallest absolute Gasteiger partial charge is 0.204 e. The summed E-state index contributed by atoms with van der Waals surface area (Å²) in [6, 6.07) is 5.94. The molecule has 0 amide bonds. The van der Waals surface area contributed by atoms with E-state index < -0.39 is 0 Å². The lowest BCUT2D eigenvalue weighted by atomic mass is 10.1. The second kappa shape index (κ2) is 2.68. The molecule has 1 aliphatic heterocycles. The molecule has 1 aliphatic rings. The van der Waals surface area contributed by atoms with Crippen molar-refractivity contribution in [1.29, 1.82) is 0 Å². The molecule has 0 atom stereocenters. The quantitative estimate of drug-likeness (QED) is 0.592. The van der Waals surface area contributed by atoms with Gasteiger partial charge < -0.3 is 9.16 Å². The molecule has 0 aliphatic carbocycles. The zero-order valence-electron chi connectivity index (χ0n) is 6.96. The Bertz CT molecular complexity index is 333. The Kier molecular flexibility index (Phi) is 1.66. The Hall–Kier alpha value is -1.22. The van der Waals surface area contributed by atoms with Crippen LogP contribution in [0, 0.1) is 0 Å². The van der Waals surface area contributed by atoms with E-state index in [9.17, 15) is 0 Å². The van der Waals surface area contributed by atoms with Gasteiger partial charge in [0.2, 0.25) is 10.5 Å². The van der Waals surface area contributed by atoms with Crippen LogP contribution in [0.2, 0.25) is 0 Å². The molecule has 12 heavy (non-hydrogen) atoms. The third-order valence-corrected chi connectivity index (χ3v) is 2.35. The molecule has 0 saturated heterocycles. The van der Waals surface area contributed by atoms with E-state index in [-0.39, 0.29) is 0 Å². The fraction of sp³-hybridized carbons (Fsp3) is 0.111. The van der Waals surface area contributed by atoms with Crippen molar-refractivity contribution in [2.24, 2.45) is 0 Å². The molecule has 2 nitrogen and oxygen atoms in total. The van der Waals surface area contributed by atoms with Gasteiger partial charge in [-0.25, -0.2) is 0 Å². The van der Waals surface area contributed by atoms with Gasteiger partial charge in [-0.2, -0.15) is 0 Å². The highest BCUT2D eigenvalue weighted by Crippen LogP contribution is 2.38. The normalized spacial score (nSPS) is 14.2. The molecule has 0 spiro atoms. The summed E-state index contributed by atoms with van der Waals surface area (Å²) >= 11 is 0. The minimum atomic E-state index is 0.689. The van der Waals surface area contributed by atoms with Crippen LogP contribution in [0.15, 0.2) is 30.5 Å². The third-order valence-electron chi connectivity index (χ3n) is 1.91. The van der Waals surface area contributed by atoms with Crippen LogP contribution < -0.4 is 9.16 Å². The van der Waals surface area contributed by atoms with E-state index in [0.29, 0.717) is 10.5 Å². The van der Waals surface area contributed by atoms with Gasteiger partial charge in [-0.1, -0.05) is 18.7 Å². The highest BCUT2D eigenvalue weighted by Gasteiger charge is 2.18. The number of allylic oxidation sites excluding steroid dienone is 1. The molecule has 1 aromatic carbocycles. The van der Waals surface area contributed by atoms with Crippen molar-refractivity contribution < 1.29 is 9.16 Å². The Labute approximate surface area is 74.4 Å². The van der Waals surface area contributed by atoms with Gasteiger partial charge in [-0.05, 0) is 6.07 Å². The van der Waals surface area contributed by atoms with Crippen molar-refractivity contribution in [3.05, 3.63) is 36.1 Å².